The summed E-state index contributed by atoms with van der Waals surface area (Å²) in [6, 6.07) is 2.11. The highest BCUT2D eigenvalue weighted by Crippen LogP contribution is 2.28. The van der Waals surface area contributed by atoms with Crippen LogP contribution in [-0.4, -0.2) is 10.2 Å². The van der Waals surface area contributed by atoms with Crippen molar-refractivity contribution in [2.75, 3.05) is 0 Å². The number of aryl methyl sites for hydroxylation is 1. The lowest BCUT2D eigenvalue weighted by molar-refractivity contribution is 1.12. The van der Waals surface area contributed by atoms with E-state index in [2.05, 4.69) is 46.0 Å². The van der Waals surface area contributed by atoms with E-state index < -0.39 is 0 Å². The second-order valence-corrected chi connectivity index (χ2v) is 3.76. The van der Waals surface area contributed by atoms with E-state index in [1.54, 1.807) is 0 Å². The number of nitrogens with zero attached hydrogens (tertiary/aromatic N) is 1. The zero-order valence-electron chi connectivity index (χ0n) is 8.98. The van der Waals surface area contributed by atoms with Gasteiger partial charge in [0.1, 0.15) is 0 Å². The first kappa shape index (κ1) is 11.2. The minimum atomic E-state index is 1.09. The van der Waals surface area contributed by atoms with Gasteiger partial charge in [0.2, 0.25) is 0 Å². The molecule has 76 valence electrons. The third-order valence-corrected chi connectivity index (χ3v) is 3.21. The van der Waals surface area contributed by atoms with Gasteiger partial charge >= 0.3 is 0 Å². The van der Waals surface area contributed by atoms with E-state index in [0.717, 1.165) is 15.4 Å². The number of aromatic nitrogens is 2. The summed E-state index contributed by atoms with van der Waals surface area (Å²) in [5.41, 5.74) is 3.65. The monoisotopic (exact) mass is 254 g/mol. The van der Waals surface area contributed by atoms with Gasteiger partial charge in [-0.1, -0.05) is 13.8 Å². The van der Waals surface area contributed by atoms with Crippen molar-refractivity contribution >= 4 is 26.8 Å². The SMILES string of the molecule is CC.Cc1cc2[nH]ncc2c(Br)c1C. The molecular formula is C11H15BrN2. The van der Waals surface area contributed by atoms with Crippen LogP contribution in [0.1, 0.15) is 25.0 Å². The maximum Gasteiger partial charge on any atom is 0.0664 e. The number of hydrogen-bond acceptors (Lipinski definition) is 1. The fraction of sp³-hybridized carbons (Fsp3) is 0.364. The van der Waals surface area contributed by atoms with Crippen molar-refractivity contribution < 1.29 is 0 Å². The Morgan fingerprint density at radius 3 is 2.57 bits per heavy atom. The minimum Gasteiger partial charge on any atom is -0.278 e. The van der Waals surface area contributed by atoms with Gasteiger partial charge in [-0.3, -0.25) is 5.10 Å². The van der Waals surface area contributed by atoms with Crippen molar-refractivity contribution in [1.82, 2.24) is 10.2 Å². The molecule has 0 aliphatic carbocycles. The standard InChI is InChI=1S/C9H9BrN2.C2H6/c1-5-3-8-7(4-11-12-8)9(10)6(5)2;1-2/h3-4H,1-2H3,(H,11,12);1-2H3. The van der Waals surface area contributed by atoms with Gasteiger partial charge in [-0.15, -0.1) is 0 Å². The van der Waals surface area contributed by atoms with Crippen molar-refractivity contribution in [2.45, 2.75) is 27.7 Å². The number of aromatic amines is 1. The Balaban J connectivity index is 0.000000461. The molecule has 0 fully saturated rings. The molecule has 14 heavy (non-hydrogen) atoms. The first-order chi connectivity index (χ1) is 6.70. The van der Waals surface area contributed by atoms with Gasteiger partial charge < -0.3 is 0 Å². The van der Waals surface area contributed by atoms with Crippen LogP contribution < -0.4 is 0 Å². The molecule has 1 aromatic carbocycles. The second kappa shape index (κ2) is 4.60. The molecule has 0 radical (unpaired) electrons. The van der Waals surface area contributed by atoms with Crippen LogP contribution in [0.3, 0.4) is 0 Å². The summed E-state index contributed by atoms with van der Waals surface area (Å²) < 4.78 is 1.14. The summed E-state index contributed by atoms with van der Waals surface area (Å²) >= 11 is 3.55. The van der Waals surface area contributed by atoms with E-state index in [4.69, 9.17) is 0 Å². The Kier molecular flexibility index (Phi) is 3.69. The molecule has 0 atom stereocenters. The minimum absolute atomic E-state index is 1.09. The summed E-state index contributed by atoms with van der Waals surface area (Å²) in [4.78, 5) is 0. The van der Waals surface area contributed by atoms with Crippen LogP contribution in [0.15, 0.2) is 16.7 Å². The molecule has 1 aromatic heterocycles. The second-order valence-electron chi connectivity index (χ2n) is 2.96. The average molecular weight is 255 g/mol. The van der Waals surface area contributed by atoms with Crippen LogP contribution in [0.2, 0.25) is 0 Å². The van der Waals surface area contributed by atoms with E-state index in [9.17, 15) is 0 Å². The number of rotatable bonds is 0. The quantitative estimate of drug-likeness (QED) is 0.758. The highest BCUT2D eigenvalue weighted by Gasteiger charge is 2.05. The highest BCUT2D eigenvalue weighted by atomic mass is 79.9. The lowest BCUT2D eigenvalue weighted by atomic mass is 10.1. The summed E-state index contributed by atoms with van der Waals surface area (Å²) in [7, 11) is 0. The fourth-order valence-corrected chi connectivity index (χ4v) is 1.91. The van der Waals surface area contributed by atoms with E-state index in [1.165, 1.54) is 11.1 Å². The Bertz CT molecular complexity index is 432. The van der Waals surface area contributed by atoms with Gasteiger partial charge in [0.05, 0.1) is 11.7 Å². The molecule has 0 saturated carbocycles. The van der Waals surface area contributed by atoms with Crippen molar-refractivity contribution in [2.24, 2.45) is 0 Å². The molecule has 2 nitrogen and oxygen atoms in total. The molecule has 2 aromatic rings. The molecule has 0 aliphatic rings. The van der Waals surface area contributed by atoms with Crippen LogP contribution in [-0.2, 0) is 0 Å². The molecule has 3 heteroatoms. The van der Waals surface area contributed by atoms with Crippen molar-refractivity contribution in [1.29, 1.82) is 0 Å². The normalized spacial score (nSPS) is 9.79. The molecule has 1 N–H and O–H groups in total. The van der Waals surface area contributed by atoms with Crippen molar-refractivity contribution in [3.8, 4) is 0 Å². The molecule has 0 unspecified atom stereocenters. The largest absolute Gasteiger partial charge is 0.278 e. The van der Waals surface area contributed by atoms with Crippen LogP contribution >= 0.6 is 15.9 Å². The topological polar surface area (TPSA) is 28.7 Å². The van der Waals surface area contributed by atoms with Crippen molar-refractivity contribution in [3.05, 3.63) is 27.9 Å². The maximum atomic E-state index is 3.99. The first-order valence-corrected chi connectivity index (χ1v) is 5.58. The molecular weight excluding hydrogens is 240 g/mol. The van der Waals surface area contributed by atoms with E-state index in [1.807, 2.05) is 20.0 Å². The summed E-state index contributed by atoms with van der Waals surface area (Å²) in [6.45, 7) is 8.20. The number of nitrogens with one attached hydrogen (secondary N) is 1. The lowest BCUT2D eigenvalue weighted by Crippen LogP contribution is -1.83. The van der Waals surface area contributed by atoms with E-state index in [-0.39, 0.29) is 0 Å². The van der Waals surface area contributed by atoms with Crippen molar-refractivity contribution in [3.63, 3.8) is 0 Å². The Morgan fingerprint density at radius 1 is 1.29 bits per heavy atom. The van der Waals surface area contributed by atoms with Gasteiger partial charge in [-0.25, -0.2) is 0 Å². The summed E-state index contributed by atoms with van der Waals surface area (Å²) in [5, 5.41) is 8.09. The third-order valence-electron chi connectivity index (χ3n) is 2.19. The van der Waals surface area contributed by atoms with Crippen LogP contribution in [0.4, 0.5) is 0 Å². The number of fused-ring (bicyclic) bond motifs is 1. The van der Waals surface area contributed by atoms with Crippen LogP contribution in [0.5, 0.6) is 0 Å². The summed E-state index contributed by atoms with van der Waals surface area (Å²) in [6.07, 6.45) is 1.84. The molecule has 2 rings (SSSR count). The first-order valence-electron chi connectivity index (χ1n) is 4.79. The third kappa shape index (κ3) is 1.82. The van der Waals surface area contributed by atoms with Crippen LogP contribution in [0, 0.1) is 13.8 Å². The molecule has 1 heterocycles. The fourth-order valence-electron chi connectivity index (χ4n) is 1.28. The van der Waals surface area contributed by atoms with E-state index >= 15 is 0 Å². The highest BCUT2D eigenvalue weighted by molar-refractivity contribution is 9.10. The zero-order valence-corrected chi connectivity index (χ0v) is 10.6. The number of H-pyrrole nitrogens is 1. The van der Waals surface area contributed by atoms with E-state index in [0.29, 0.717) is 0 Å². The zero-order chi connectivity index (χ0) is 10.7. The number of halogens is 1. The van der Waals surface area contributed by atoms with Crippen LogP contribution in [0.25, 0.3) is 10.9 Å². The average Bonchev–Trinajstić information content (AvgIpc) is 2.65. The smallest absolute Gasteiger partial charge is 0.0664 e. The molecule has 0 aliphatic heterocycles. The van der Waals surface area contributed by atoms with Gasteiger partial charge in [0.25, 0.3) is 0 Å². The molecule has 0 amide bonds. The number of hydrogen-bond donors (Lipinski definition) is 1. The Hall–Kier alpha value is -0.830. The Morgan fingerprint density at radius 2 is 1.93 bits per heavy atom. The lowest BCUT2D eigenvalue weighted by Gasteiger charge is -2.02. The predicted octanol–water partition coefficient (Wildman–Crippen LogP) is 3.97. The van der Waals surface area contributed by atoms with Gasteiger partial charge in [0, 0.05) is 9.86 Å². The van der Waals surface area contributed by atoms with Gasteiger partial charge in [-0.05, 0) is 47.0 Å². The van der Waals surface area contributed by atoms with Gasteiger partial charge in [-0.2, -0.15) is 5.10 Å². The molecule has 0 bridgehead atoms. The van der Waals surface area contributed by atoms with Gasteiger partial charge in [0.15, 0.2) is 0 Å². The number of benzene rings is 1. The molecule has 0 saturated heterocycles. The molecule has 0 spiro atoms. The maximum absolute atomic E-state index is 3.99. The summed E-state index contributed by atoms with van der Waals surface area (Å²) in [5.74, 6) is 0. The Labute approximate surface area is 92.8 Å². The predicted molar refractivity (Wildman–Crippen MR) is 64.6 cm³/mol.